The van der Waals surface area contributed by atoms with E-state index in [1.54, 1.807) is 0 Å². The monoisotopic (exact) mass is 1270 g/mol. The second kappa shape index (κ2) is 32.2. The third-order valence-electron chi connectivity index (χ3n) is 17.2. The summed E-state index contributed by atoms with van der Waals surface area (Å²) in [5.74, 6) is 0. The molecular weight excluding hydrogens is 1180 g/mol. The van der Waals surface area contributed by atoms with Crippen molar-refractivity contribution in [1.29, 1.82) is 0 Å². The summed E-state index contributed by atoms with van der Waals surface area (Å²) in [6.45, 7) is 22.0. The molecule has 10 rings (SSSR count). The fourth-order valence-corrected chi connectivity index (χ4v) is 11.9. The smallest absolute Gasteiger partial charge is 0.399 e. The van der Waals surface area contributed by atoms with Gasteiger partial charge in [-0.1, -0.05) is 288 Å². The minimum absolute atomic E-state index is 0.300. The Labute approximate surface area is 536 Å². The van der Waals surface area contributed by atoms with Gasteiger partial charge in [-0.15, -0.1) is 0 Å². The largest absolute Gasteiger partial charge is 0.494 e. The highest BCUT2D eigenvalue weighted by molar-refractivity contribution is 9.10. The van der Waals surface area contributed by atoms with Crippen LogP contribution in [0.4, 0.5) is 0 Å². The van der Waals surface area contributed by atoms with Gasteiger partial charge >= 0.3 is 7.12 Å². The molecule has 0 atom stereocenters. The summed E-state index contributed by atoms with van der Waals surface area (Å²) in [5.41, 5.74) is 24.7. The van der Waals surface area contributed by atoms with Crippen LogP contribution in [0.3, 0.4) is 0 Å². The van der Waals surface area contributed by atoms with Gasteiger partial charge in [-0.3, -0.25) is 0 Å². The molecule has 0 saturated carbocycles. The second-order valence-electron chi connectivity index (χ2n) is 24.5. The van der Waals surface area contributed by atoms with E-state index in [1.807, 2.05) is 0 Å². The Morgan fingerprint density at radius 1 is 0.291 bits per heavy atom. The van der Waals surface area contributed by atoms with Crippen molar-refractivity contribution in [2.45, 2.75) is 177 Å². The molecule has 0 bridgehead atoms. The molecule has 0 amide bonds. The Morgan fingerprint density at radius 3 is 0.872 bits per heavy atom. The van der Waals surface area contributed by atoms with Gasteiger partial charge in [0.1, 0.15) is 0 Å². The van der Waals surface area contributed by atoms with Crippen molar-refractivity contribution < 1.29 is 9.31 Å². The maximum Gasteiger partial charge on any atom is 0.494 e. The molecule has 0 spiro atoms. The fourth-order valence-electron chi connectivity index (χ4n) is 11.4. The standard InChI is InChI=1S/C44H50.C25H35BO2.C12H8Br2/c1-5-9-13-33-15-19-37(20-16-33)43-29-27-39(31-41(43)11-7-3)35-23-25-36(26-24-35)40-28-30-44(42(32-40)12-8-4)38-21-17-34(18-22-38)14-10-6-2;1-7-9-11-19-12-14-20(15-13-19)23-17-16-22(18-21(23)10-8-2)26-27-24(3,4)25(5,6)28-26;13-11-5-1-9(2-6-11)10-3-7-12(14)8-4-10/h15-32H,5-14H2,1-4H3;12-18H,7-11H2,1-6H3;1-8H. The highest BCUT2D eigenvalue weighted by Gasteiger charge is 2.51. The van der Waals surface area contributed by atoms with Crippen LogP contribution in [-0.4, -0.2) is 18.3 Å². The highest BCUT2D eigenvalue weighted by atomic mass is 79.9. The normalized spacial score (nSPS) is 13.2. The van der Waals surface area contributed by atoms with E-state index in [4.69, 9.17) is 9.31 Å². The maximum absolute atomic E-state index is 6.26. The molecule has 1 heterocycles. The highest BCUT2D eigenvalue weighted by Crippen LogP contribution is 2.38. The molecule has 0 aliphatic carbocycles. The molecule has 1 fully saturated rings. The molecule has 1 saturated heterocycles. The van der Waals surface area contributed by atoms with E-state index in [0.717, 1.165) is 52.9 Å². The van der Waals surface area contributed by atoms with Gasteiger partial charge in [0.05, 0.1) is 11.2 Å². The molecular formula is C81H93BBr2O2. The molecule has 1 aliphatic heterocycles. The Balaban J connectivity index is 0.000000193. The lowest BCUT2D eigenvalue weighted by atomic mass is 9.77. The molecule has 2 nitrogen and oxygen atoms in total. The van der Waals surface area contributed by atoms with Crippen LogP contribution in [0.5, 0.6) is 0 Å². The van der Waals surface area contributed by atoms with Gasteiger partial charge in [0, 0.05) is 8.95 Å². The first-order valence-corrected chi connectivity index (χ1v) is 33.9. The van der Waals surface area contributed by atoms with Crippen molar-refractivity contribution in [3.8, 4) is 66.8 Å². The number of unbranched alkanes of at least 4 members (excludes halogenated alkanes) is 3. The Morgan fingerprint density at radius 2 is 0.558 bits per heavy atom. The Hall–Kier alpha value is -6.08. The quantitative estimate of drug-likeness (QED) is 0.0630. The zero-order valence-electron chi connectivity index (χ0n) is 53.3. The first-order valence-electron chi connectivity index (χ1n) is 32.3. The minimum Gasteiger partial charge on any atom is -0.399 e. The Bertz CT molecular complexity index is 3320. The first-order chi connectivity index (χ1) is 41.7. The summed E-state index contributed by atoms with van der Waals surface area (Å²) in [5, 5.41) is 0. The number of hydrogen-bond donors (Lipinski definition) is 0. The first kappa shape index (κ1) is 65.9. The third-order valence-corrected chi connectivity index (χ3v) is 18.3. The minimum atomic E-state index is -0.310. The average Bonchev–Trinajstić information content (AvgIpc) is 1.88. The van der Waals surface area contributed by atoms with E-state index >= 15 is 0 Å². The molecule has 0 radical (unpaired) electrons. The lowest BCUT2D eigenvalue weighted by Gasteiger charge is -2.32. The van der Waals surface area contributed by atoms with Crippen molar-refractivity contribution in [3.05, 3.63) is 243 Å². The van der Waals surface area contributed by atoms with E-state index in [0.29, 0.717) is 0 Å². The summed E-state index contributed by atoms with van der Waals surface area (Å²) in [7, 11) is -0.300. The van der Waals surface area contributed by atoms with E-state index in [9.17, 15) is 0 Å². The van der Waals surface area contributed by atoms with E-state index < -0.39 is 0 Å². The van der Waals surface area contributed by atoms with Crippen LogP contribution in [0.1, 0.15) is 160 Å². The zero-order valence-corrected chi connectivity index (χ0v) is 56.5. The number of benzene rings is 9. The topological polar surface area (TPSA) is 18.5 Å². The van der Waals surface area contributed by atoms with Crippen LogP contribution in [0.2, 0.25) is 0 Å². The van der Waals surface area contributed by atoms with Crippen molar-refractivity contribution >= 4 is 44.4 Å². The van der Waals surface area contributed by atoms with Crippen LogP contribution in [0, 0.1) is 0 Å². The summed E-state index contributed by atoms with van der Waals surface area (Å²) >= 11 is 6.84. The number of hydrogen-bond acceptors (Lipinski definition) is 2. The van der Waals surface area contributed by atoms with Crippen LogP contribution in [-0.2, 0) is 47.8 Å². The van der Waals surface area contributed by atoms with E-state index in [-0.39, 0.29) is 18.3 Å². The second-order valence-corrected chi connectivity index (χ2v) is 26.3. The van der Waals surface area contributed by atoms with Gasteiger partial charge < -0.3 is 9.31 Å². The van der Waals surface area contributed by atoms with Crippen molar-refractivity contribution in [2.24, 2.45) is 0 Å². The van der Waals surface area contributed by atoms with Gasteiger partial charge in [-0.05, 0) is 215 Å². The molecule has 446 valence electrons. The summed E-state index contributed by atoms with van der Waals surface area (Å²) < 4.78 is 14.7. The molecule has 1 aliphatic rings. The van der Waals surface area contributed by atoms with Gasteiger partial charge in [-0.25, -0.2) is 0 Å². The number of halogens is 2. The average molecular weight is 1270 g/mol. The molecule has 0 aromatic heterocycles. The third kappa shape index (κ3) is 17.8. The maximum atomic E-state index is 6.26. The number of aryl methyl sites for hydroxylation is 6. The fraction of sp³-hybridized carbons (Fsp3) is 0.333. The van der Waals surface area contributed by atoms with Crippen LogP contribution < -0.4 is 5.46 Å². The molecule has 0 unspecified atom stereocenters. The van der Waals surface area contributed by atoms with Crippen LogP contribution in [0.15, 0.2) is 209 Å². The number of rotatable bonds is 22. The van der Waals surface area contributed by atoms with Gasteiger partial charge in [-0.2, -0.15) is 0 Å². The SMILES string of the molecule is Brc1ccc(-c2ccc(Br)cc2)cc1.CCCCc1ccc(-c2ccc(-c3ccc(-c4ccc(-c5ccc(CCCC)cc5)c(CCC)c4)cc3)cc2CCC)cc1.CCCCc1ccc(-c2ccc(B3OC(C)(C)C(C)(C)O3)cc2CCC)cc1. The summed E-state index contributed by atoms with van der Waals surface area (Å²) in [6, 6.07) is 74.2. The van der Waals surface area contributed by atoms with Gasteiger partial charge in [0.15, 0.2) is 0 Å². The van der Waals surface area contributed by atoms with Crippen molar-refractivity contribution in [2.75, 3.05) is 0 Å². The van der Waals surface area contributed by atoms with Gasteiger partial charge in [0.2, 0.25) is 0 Å². The summed E-state index contributed by atoms with van der Waals surface area (Å²) in [4.78, 5) is 0. The molecule has 5 heteroatoms. The Kier molecular flexibility index (Phi) is 24.7. The molecule has 9 aromatic rings. The lowest BCUT2D eigenvalue weighted by molar-refractivity contribution is 0.00578. The van der Waals surface area contributed by atoms with Crippen molar-refractivity contribution in [3.63, 3.8) is 0 Å². The van der Waals surface area contributed by atoms with Crippen LogP contribution in [0.25, 0.3) is 66.8 Å². The molecule has 0 N–H and O–H groups in total. The molecule has 86 heavy (non-hydrogen) atoms. The van der Waals surface area contributed by atoms with E-state index in [1.165, 1.54) is 158 Å². The van der Waals surface area contributed by atoms with E-state index in [2.05, 4.69) is 301 Å². The predicted molar refractivity (Wildman–Crippen MR) is 381 cm³/mol. The van der Waals surface area contributed by atoms with Crippen LogP contribution >= 0.6 is 31.9 Å². The predicted octanol–water partition coefficient (Wildman–Crippen LogP) is 23.8. The summed E-state index contributed by atoms with van der Waals surface area (Å²) in [6.07, 6.45) is 17.6. The van der Waals surface area contributed by atoms with Gasteiger partial charge in [0.25, 0.3) is 0 Å². The van der Waals surface area contributed by atoms with Crippen molar-refractivity contribution in [1.82, 2.24) is 0 Å². The zero-order chi connectivity index (χ0) is 61.1. The lowest BCUT2D eigenvalue weighted by Crippen LogP contribution is -2.41. The molecule has 9 aromatic carbocycles.